The van der Waals surface area contributed by atoms with Crippen LogP contribution in [-0.4, -0.2) is 24.9 Å². The summed E-state index contributed by atoms with van der Waals surface area (Å²) < 4.78 is 38.4. The first kappa shape index (κ1) is 15.9. The summed E-state index contributed by atoms with van der Waals surface area (Å²) in [5.41, 5.74) is 5.85. The Hall–Kier alpha value is -1.47. The maximum Gasteiger partial charge on any atom is 0.306 e. The maximum atomic E-state index is 13.7. The molecule has 1 atom stereocenters. The Labute approximate surface area is 122 Å². The van der Waals surface area contributed by atoms with E-state index in [2.05, 4.69) is 0 Å². The van der Waals surface area contributed by atoms with E-state index in [1.807, 2.05) is 0 Å². The van der Waals surface area contributed by atoms with Gasteiger partial charge in [-0.2, -0.15) is 0 Å². The standard InChI is InChI=1S/C14H18FNO4S/c15-11-3-1-2-4-12(11)21(19,20)13(16)9-5-7-10(8-6-9)14(17)18/h1-4,9-10,13H,5-8,16H2,(H,17,18). The molecular formula is C14H18FNO4S. The van der Waals surface area contributed by atoms with Crippen LogP contribution in [-0.2, 0) is 14.6 Å². The van der Waals surface area contributed by atoms with Crippen LogP contribution in [0.1, 0.15) is 25.7 Å². The number of benzene rings is 1. The highest BCUT2D eigenvalue weighted by molar-refractivity contribution is 7.92. The molecule has 2 rings (SSSR count). The largest absolute Gasteiger partial charge is 0.481 e. The smallest absolute Gasteiger partial charge is 0.306 e. The molecule has 7 heteroatoms. The summed E-state index contributed by atoms with van der Waals surface area (Å²) in [7, 11) is -3.95. The average molecular weight is 315 g/mol. The minimum Gasteiger partial charge on any atom is -0.481 e. The Morgan fingerprint density at radius 1 is 1.24 bits per heavy atom. The number of nitrogens with two attached hydrogens (primary N) is 1. The van der Waals surface area contributed by atoms with Gasteiger partial charge in [0.1, 0.15) is 16.1 Å². The van der Waals surface area contributed by atoms with Crippen molar-refractivity contribution in [1.82, 2.24) is 0 Å². The second-order valence-corrected chi connectivity index (χ2v) is 7.46. The van der Waals surface area contributed by atoms with E-state index in [9.17, 15) is 17.6 Å². The SMILES string of the molecule is NC(C1CCC(C(=O)O)CC1)S(=O)(=O)c1ccccc1F. The minimum atomic E-state index is -3.95. The van der Waals surface area contributed by atoms with Crippen LogP contribution in [0, 0.1) is 17.7 Å². The van der Waals surface area contributed by atoms with Crippen molar-refractivity contribution < 1.29 is 22.7 Å². The van der Waals surface area contributed by atoms with Gasteiger partial charge in [0.2, 0.25) is 0 Å². The first-order chi connectivity index (χ1) is 9.84. The Kier molecular flexibility index (Phi) is 4.63. The number of rotatable bonds is 4. The number of halogens is 1. The molecule has 116 valence electrons. The fraction of sp³-hybridized carbons (Fsp3) is 0.500. The molecule has 1 unspecified atom stereocenters. The molecule has 1 fully saturated rings. The van der Waals surface area contributed by atoms with Gasteiger partial charge in [0.05, 0.1) is 5.92 Å². The van der Waals surface area contributed by atoms with Crippen LogP contribution in [0.5, 0.6) is 0 Å². The molecule has 0 radical (unpaired) electrons. The monoisotopic (exact) mass is 315 g/mol. The van der Waals surface area contributed by atoms with Crippen molar-refractivity contribution in [1.29, 1.82) is 0 Å². The topological polar surface area (TPSA) is 97.5 Å². The van der Waals surface area contributed by atoms with Gasteiger partial charge in [0, 0.05) is 0 Å². The molecule has 1 aromatic carbocycles. The molecule has 0 aromatic heterocycles. The average Bonchev–Trinajstić information content (AvgIpc) is 2.46. The highest BCUT2D eigenvalue weighted by Gasteiger charge is 2.36. The molecule has 0 bridgehead atoms. The first-order valence-electron chi connectivity index (χ1n) is 6.81. The van der Waals surface area contributed by atoms with Crippen molar-refractivity contribution in [2.45, 2.75) is 36.0 Å². The fourth-order valence-corrected chi connectivity index (χ4v) is 4.45. The van der Waals surface area contributed by atoms with E-state index in [0.29, 0.717) is 25.7 Å². The molecule has 3 N–H and O–H groups in total. The van der Waals surface area contributed by atoms with Crippen molar-refractivity contribution in [2.24, 2.45) is 17.6 Å². The van der Waals surface area contributed by atoms with Crippen LogP contribution in [0.4, 0.5) is 4.39 Å². The van der Waals surface area contributed by atoms with E-state index < -0.39 is 37.8 Å². The summed E-state index contributed by atoms with van der Waals surface area (Å²) in [6.45, 7) is 0. The van der Waals surface area contributed by atoms with Crippen LogP contribution in [0.3, 0.4) is 0 Å². The Morgan fingerprint density at radius 3 is 2.33 bits per heavy atom. The van der Waals surface area contributed by atoms with Gasteiger partial charge >= 0.3 is 5.97 Å². The molecule has 0 amide bonds. The van der Waals surface area contributed by atoms with Crippen molar-refractivity contribution in [3.63, 3.8) is 0 Å². The van der Waals surface area contributed by atoms with E-state index in [0.717, 1.165) is 6.07 Å². The number of carbonyl (C=O) groups is 1. The summed E-state index contributed by atoms with van der Waals surface area (Å²) in [4.78, 5) is 10.5. The fourth-order valence-electron chi connectivity index (χ4n) is 2.77. The van der Waals surface area contributed by atoms with Gasteiger partial charge in [-0.15, -0.1) is 0 Å². The van der Waals surface area contributed by atoms with Gasteiger partial charge in [-0.05, 0) is 43.7 Å². The molecule has 5 nitrogen and oxygen atoms in total. The number of aliphatic carboxylic acids is 1. The number of carboxylic acids is 1. The lowest BCUT2D eigenvalue weighted by Gasteiger charge is -2.30. The summed E-state index contributed by atoms with van der Waals surface area (Å²) in [6, 6.07) is 5.15. The molecule has 1 aliphatic rings. The third kappa shape index (κ3) is 3.24. The number of hydrogen-bond acceptors (Lipinski definition) is 4. The minimum absolute atomic E-state index is 0.342. The quantitative estimate of drug-likeness (QED) is 0.882. The maximum absolute atomic E-state index is 13.7. The van der Waals surface area contributed by atoms with E-state index in [1.165, 1.54) is 18.2 Å². The van der Waals surface area contributed by atoms with Gasteiger partial charge < -0.3 is 10.8 Å². The van der Waals surface area contributed by atoms with Crippen LogP contribution in [0.25, 0.3) is 0 Å². The lowest BCUT2D eigenvalue weighted by atomic mass is 9.82. The first-order valence-corrected chi connectivity index (χ1v) is 8.35. The number of hydrogen-bond donors (Lipinski definition) is 2. The zero-order valence-electron chi connectivity index (χ0n) is 11.4. The summed E-state index contributed by atoms with van der Waals surface area (Å²) in [5, 5.41) is 7.73. The van der Waals surface area contributed by atoms with Gasteiger partial charge in [0.25, 0.3) is 0 Å². The van der Waals surface area contributed by atoms with E-state index >= 15 is 0 Å². The molecule has 0 aliphatic heterocycles. The zero-order valence-corrected chi connectivity index (χ0v) is 12.2. The second kappa shape index (κ2) is 6.11. The van der Waals surface area contributed by atoms with Crippen molar-refractivity contribution >= 4 is 15.8 Å². The predicted octanol–water partition coefficient (Wildman–Crippen LogP) is 1.78. The van der Waals surface area contributed by atoms with Crippen LogP contribution >= 0.6 is 0 Å². The normalized spacial score (nSPS) is 24.5. The van der Waals surface area contributed by atoms with Gasteiger partial charge in [-0.1, -0.05) is 12.1 Å². The van der Waals surface area contributed by atoms with Crippen LogP contribution in [0.15, 0.2) is 29.2 Å². The lowest BCUT2D eigenvalue weighted by molar-refractivity contribution is -0.143. The Morgan fingerprint density at radius 2 is 1.81 bits per heavy atom. The van der Waals surface area contributed by atoms with Crippen LogP contribution in [0.2, 0.25) is 0 Å². The highest BCUT2D eigenvalue weighted by Crippen LogP contribution is 2.33. The van der Waals surface area contributed by atoms with E-state index in [4.69, 9.17) is 10.8 Å². The van der Waals surface area contributed by atoms with Crippen molar-refractivity contribution in [3.8, 4) is 0 Å². The zero-order chi connectivity index (χ0) is 15.6. The summed E-state index contributed by atoms with van der Waals surface area (Å²) >= 11 is 0. The molecule has 1 saturated carbocycles. The molecule has 0 heterocycles. The summed E-state index contributed by atoms with van der Waals surface area (Å²) in [6.07, 6.45) is 1.65. The van der Waals surface area contributed by atoms with Crippen molar-refractivity contribution in [3.05, 3.63) is 30.1 Å². The Balaban J connectivity index is 2.15. The van der Waals surface area contributed by atoms with E-state index in [-0.39, 0.29) is 5.92 Å². The summed E-state index contributed by atoms with van der Waals surface area (Å²) in [5.74, 6) is -2.46. The highest BCUT2D eigenvalue weighted by atomic mass is 32.2. The lowest BCUT2D eigenvalue weighted by Crippen LogP contribution is -2.40. The predicted molar refractivity (Wildman–Crippen MR) is 74.6 cm³/mol. The van der Waals surface area contributed by atoms with Gasteiger partial charge in [0.15, 0.2) is 9.84 Å². The van der Waals surface area contributed by atoms with Gasteiger partial charge in [-0.25, -0.2) is 12.8 Å². The van der Waals surface area contributed by atoms with Gasteiger partial charge in [-0.3, -0.25) is 4.79 Å². The third-order valence-corrected chi connectivity index (χ3v) is 6.13. The molecule has 0 saturated heterocycles. The van der Waals surface area contributed by atoms with Crippen LogP contribution < -0.4 is 5.73 Å². The van der Waals surface area contributed by atoms with Crippen molar-refractivity contribution in [2.75, 3.05) is 0 Å². The molecular weight excluding hydrogens is 297 g/mol. The number of carboxylic acid groups (broad SMARTS) is 1. The van der Waals surface area contributed by atoms with E-state index in [1.54, 1.807) is 0 Å². The molecule has 0 spiro atoms. The molecule has 1 aromatic rings. The molecule has 21 heavy (non-hydrogen) atoms. The second-order valence-electron chi connectivity index (χ2n) is 5.39. The molecule has 1 aliphatic carbocycles. The number of sulfone groups is 1. The third-order valence-electron chi connectivity index (χ3n) is 4.09. The Bertz CT molecular complexity index is 624.